The molecule has 2 aromatic rings. The van der Waals surface area contributed by atoms with Crippen LogP contribution in [0.15, 0.2) is 45.6 Å². The van der Waals surface area contributed by atoms with Crippen molar-refractivity contribution in [3.05, 3.63) is 52.6 Å². The summed E-state index contributed by atoms with van der Waals surface area (Å²) in [6.07, 6.45) is 4.72. The lowest BCUT2D eigenvalue weighted by molar-refractivity contribution is 0.509. The SMILES string of the molecule is CC/C=C/c1cc2ccccc2c(=O)o1. The Morgan fingerprint density at radius 2 is 2.13 bits per heavy atom. The molecule has 1 aromatic carbocycles. The molecule has 76 valence electrons. The van der Waals surface area contributed by atoms with Crippen LogP contribution in [0, 0.1) is 0 Å². The molecular formula is C13H12O2. The molecule has 0 fully saturated rings. The number of hydrogen-bond donors (Lipinski definition) is 0. The van der Waals surface area contributed by atoms with Crippen molar-refractivity contribution < 1.29 is 4.42 Å². The molecule has 0 aliphatic rings. The molecule has 0 atom stereocenters. The van der Waals surface area contributed by atoms with Crippen molar-refractivity contribution in [3.8, 4) is 0 Å². The lowest BCUT2D eigenvalue weighted by atomic mass is 10.1. The summed E-state index contributed by atoms with van der Waals surface area (Å²) >= 11 is 0. The first kappa shape index (κ1) is 9.71. The molecular weight excluding hydrogens is 188 g/mol. The van der Waals surface area contributed by atoms with Gasteiger partial charge >= 0.3 is 5.63 Å². The molecule has 0 saturated heterocycles. The Bertz CT molecular complexity index is 550. The molecule has 2 nitrogen and oxygen atoms in total. The number of allylic oxidation sites excluding steroid dienone is 1. The highest BCUT2D eigenvalue weighted by Gasteiger charge is 2.00. The molecule has 0 radical (unpaired) electrons. The summed E-state index contributed by atoms with van der Waals surface area (Å²) in [5.41, 5.74) is -0.274. The van der Waals surface area contributed by atoms with Crippen molar-refractivity contribution in [2.75, 3.05) is 0 Å². The third-order valence-corrected chi connectivity index (χ3v) is 2.21. The summed E-state index contributed by atoms with van der Waals surface area (Å²) < 4.78 is 5.15. The standard InChI is InChI=1S/C13H12O2/c1-2-3-7-11-9-10-6-4-5-8-12(10)13(14)15-11/h3-9H,2H2,1H3/b7-3+. The minimum absolute atomic E-state index is 0.274. The summed E-state index contributed by atoms with van der Waals surface area (Å²) in [6.45, 7) is 2.04. The van der Waals surface area contributed by atoms with Crippen LogP contribution in [-0.2, 0) is 0 Å². The maximum Gasteiger partial charge on any atom is 0.344 e. The molecule has 2 heteroatoms. The summed E-state index contributed by atoms with van der Waals surface area (Å²) in [4.78, 5) is 11.6. The Morgan fingerprint density at radius 1 is 1.33 bits per heavy atom. The largest absolute Gasteiger partial charge is 0.423 e. The van der Waals surface area contributed by atoms with Gasteiger partial charge in [-0.3, -0.25) is 0 Å². The number of benzene rings is 1. The number of rotatable bonds is 2. The lowest BCUT2D eigenvalue weighted by Crippen LogP contribution is -1.99. The van der Waals surface area contributed by atoms with Gasteiger partial charge in [0.25, 0.3) is 0 Å². The topological polar surface area (TPSA) is 30.2 Å². The van der Waals surface area contributed by atoms with Gasteiger partial charge < -0.3 is 4.42 Å². The molecule has 1 aromatic heterocycles. The van der Waals surface area contributed by atoms with Crippen LogP contribution in [-0.4, -0.2) is 0 Å². The molecule has 0 amide bonds. The fourth-order valence-electron chi connectivity index (χ4n) is 1.47. The Hall–Kier alpha value is -1.83. The summed E-state index contributed by atoms with van der Waals surface area (Å²) in [5, 5.41) is 1.55. The second kappa shape index (κ2) is 4.13. The number of fused-ring (bicyclic) bond motifs is 1. The van der Waals surface area contributed by atoms with Gasteiger partial charge in [-0.25, -0.2) is 4.79 Å². The zero-order chi connectivity index (χ0) is 10.7. The molecule has 0 aliphatic carbocycles. The van der Waals surface area contributed by atoms with E-state index in [0.717, 1.165) is 11.8 Å². The van der Waals surface area contributed by atoms with Crippen LogP contribution in [0.1, 0.15) is 19.1 Å². The van der Waals surface area contributed by atoms with Crippen LogP contribution in [0.25, 0.3) is 16.8 Å². The minimum atomic E-state index is -0.274. The van der Waals surface area contributed by atoms with Gasteiger partial charge in [-0.05, 0) is 30.0 Å². The lowest BCUT2D eigenvalue weighted by Gasteiger charge is -1.97. The first-order chi connectivity index (χ1) is 7.31. The third-order valence-electron chi connectivity index (χ3n) is 2.21. The van der Waals surface area contributed by atoms with Crippen molar-refractivity contribution in [1.82, 2.24) is 0 Å². The smallest absolute Gasteiger partial charge is 0.344 e. The maximum atomic E-state index is 11.6. The molecule has 15 heavy (non-hydrogen) atoms. The summed E-state index contributed by atoms with van der Waals surface area (Å²) in [5.74, 6) is 0.612. The van der Waals surface area contributed by atoms with Crippen molar-refractivity contribution in [2.24, 2.45) is 0 Å². The normalized spacial score (nSPS) is 11.3. The highest BCUT2D eigenvalue weighted by molar-refractivity contribution is 5.82. The van der Waals surface area contributed by atoms with E-state index in [0.29, 0.717) is 11.1 Å². The zero-order valence-electron chi connectivity index (χ0n) is 8.57. The second-order valence-corrected chi connectivity index (χ2v) is 3.33. The highest BCUT2D eigenvalue weighted by atomic mass is 16.4. The van der Waals surface area contributed by atoms with E-state index in [9.17, 15) is 4.79 Å². The van der Waals surface area contributed by atoms with Crippen LogP contribution in [0.3, 0.4) is 0 Å². The predicted molar refractivity (Wildman–Crippen MR) is 61.8 cm³/mol. The minimum Gasteiger partial charge on any atom is -0.423 e. The average molecular weight is 200 g/mol. The van der Waals surface area contributed by atoms with Crippen molar-refractivity contribution in [1.29, 1.82) is 0 Å². The van der Waals surface area contributed by atoms with Gasteiger partial charge in [0.2, 0.25) is 0 Å². The van der Waals surface area contributed by atoms with E-state index < -0.39 is 0 Å². The summed E-state index contributed by atoms with van der Waals surface area (Å²) in [6, 6.07) is 9.31. The van der Waals surface area contributed by atoms with E-state index in [4.69, 9.17) is 4.42 Å². The Morgan fingerprint density at radius 3 is 2.93 bits per heavy atom. The van der Waals surface area contributed by atoms with Crippen LogP contribution < -0.4 is 5.63 Å². The van der Waals surface area contributed by atoms with Gasteiger partial charge in [0.1, 0.15) is 5.76 Å². The molecule has 2 rings (SSSR count). The Balaban J connectivity index is 2.62. The van der Waals surface area contributed by atoms with Gasteiger partial charge in [-0.1, -0.05) is 31.2 Å². The van der Waals surface area contributed by atoms with Crippen LogP contribution in [0.5, 0.6) is 0 Å². The zero-order valence-corrected chi connectivity index (χ0v) is 8.57. The summed E-state index contributed by atoms with van der Waals surface area (Å²) in [7, 11) is 0. The Labute approximate surface area is 87.8 Å². The van der Waals surface area contributed by atoms with Gasteiger partial charge in [-0.15, -0.1) is 0 Å². The van der Waals surface area contributed by atoms with Gasteiger partial charge in [0.05, 0.1) is 5.39 Å². The molecule has 1 heterocycles. The van der Waals surface area contributed by atoms with Gasteiger partial charge in [0, 0.05) is 0 Å². The third kappa shape index (κ3) is 1.99. The monoisotopic (exact) mass is 200 g/mol. The maximum absolute atomic E-state index is 11.6. The van der Waals surface area contributed by atoms with Crippen molar-refractivity contribution in [2.45, 2.75) is 13.3 Å². The van der Waals surface area contributed by atoms with E-state index in [-0.39, 0.29) is 5.63 Å². The van der Waals surface area contributed by atoms with E-state index in [1.165, 1.54) is 0 Å². The Kier molecular flexibility index (Phi) is 2.68. The van der Waals surface area contributed by atoms with Gasteiger partial charge in [-0.2, -0.15) is 0 Å². The van der Waals surface area contributed by atoms with E-state index in [1.807, 2.05) is 43.3 Å². The molecule has 0 N–H and O–H groups in total. The fraction of sp³-hybridized carbons (Fsp3) is 0.154. The molecule has 0 aliphatic heterocycles. The molecule has 0 bridgehead atoms. The highest BCUT2D eigenvalue weighted by Crippen LogP contribution is 2.12. The first-order valence-electron chi connectivity index (χ1n) is 5.00. The average Bonchev–Trinajstić information content (AvgIpc) is 2.26. The van der Waals surface area contributed by atoms with E-state index in [2.05, 4.69) is 0 Å². The predicted octanol–water partition coefficient (Wildman–Crippen LogP) is 3.22. The van der Waals surface area contributed by atoms with Crippen LogP contribution in [0.2, 0.25) is 0 Å². The van der Waals surface area contributed by atoms with Crippen molar-refractivity contribution in [3.63, 3.8) is 0 Å². The number of hydrogen-bond acceptors (Lipinski definition) is 2. The fourth-order valence-corrected chi connectivity index (χ4v) is 1.47. The molecule has 0 spiro atoms. The van der Waals surface area contributed by atoms with Crippen LogP contribution >= 0.6 is 0 Å². The molecule has 0 saturated carbocycles. The van der Waals surface area contributed by atoms with Crippen LogP contribution in [0.4, 0.5) is 0 Å². The quantitative estimate of drug-likeness (QED) is 0.745. The van der Waals surface area contributed by atoms with E-state index >= 15 is 0 Å². The second-order valence-electron chi connectivity index (χ2n) is 3.33. The first-order valence-corrected chi connectivity index (χ1v) is 5.00. The van der Waals surface area contributed by atoms with E-state index in [1.54, 1.807) is 6.07 Å². The van der Waals surface area contributed by atoms with Gasteiger partial charge in [0.15, 0.2) is 0 Å². The van der Waals surface area contributed by atoms with Crippen molar-refractivity contribution >= 4 is 16.8 Å². The molecule has 0 unspecified atom stereocenters.